The quantitative estimate of drug-likeness (QED) is 0.184. The van der Waals surface area contributed by atoms with E-state index in [0.717, 1.165) is 0 Å². The van der Waals surface area contributed by atoms with Crippen LogP contribution in [0.15, 0.2) is 35.1 Å². The molecule has 0 heterocycles. The number of nitrogens with two attached hydrogens (primary N) is 1. The Morgan fingerprint density at radius 1 is 1.28 bits per heavy atom. The maximum atomic E-state index is 13.8. The zero-order chi connectivity index (χ0) is 26.5. The lowest BCUT2D eigenvalue weighted by Gasteiger charge is -2.50. The molecular formula is C25H26N2O9. The van der Waals surface area contributed by atoms with E-state index in [0.29, 0.717) is 5.56 Å². The largest absolute Gasteiger partial charge is 0.507 e. The highest BCUT2D eigenvalue weighted by Gasteiger charge is 2.65. The highest BCUT2D eigenvalue weighted by molar-refractivity contribution is 6.33. The maximum Gasteiger partial charge on any atom is 0.358 e. The highest BCUT2D eigenvalue weighted by Crippen LogP contribution is 2.52. The molecule has 1 aromatic rings. The normalized spacial score (nSPS) is 27.1. The summed E-state index contributed by atoms with van der Waals surface area (Å²) in [6, 6.07) is 3.60. The van der Waals surface area contributed by atoms with E-state index in [1.165, 1.54) is 11.0 Å². The number of carbonyl (C=O) groups excluding carboxylic acids is 4. The fourth-order valence-electron chi connectivity index (χ4n) is 5.55. The number of likely N-dealkylation sites (N-methyl/N-ethyl adjacent to an activating group) is 1. The third-order valence-electron chi connectivity index (χ3n) is 6.95. The minimum atomic E-state index is -2.76. The number of ether oxygens (including phenoxy) is 2. The van der Waals surface area contributed by atoms with Gasteiger partial charge in [-0.05, 0) is 44.5 Å². The summed E-state index contributed by atoms with van der Waals surface area (Å²) >= 11 is 0. The van der Waals surface area contributed by atoms with E-state index in [9.17, 15) is 34.5 Å². The van der Waals surface area contributed by atoms with E-state index in [1.54, 1.807) is 32.3 Å². The van der Waals surface area contributed by atoms with Crippen LogP contribution in [0.4, 0.5) is 0 Å². The van der Waals surface area contributed by atoms with E-state index in [-0.39, 0.29) is 36.9 Å². The number of amides is 1. The molecule has 11 heteroatoms. The van der Waals surface area contributed by atoms with Crippen LogP contribution < -0.4 is 5.73 Å². The zero-order valence-electron chi connectivity index (χ0n) is 19.5. The van der Waals surface area contributed by atoms with Crippen LogP contribution in [-0.2, 0) is 35.1 Å². The number of ketones is 2. The van der Waals surface area contributed by atoms with E-state index >= 15 is 0 Å². The molecule has 4 rings (SSSR count). The second-order valence-corrected chi connectivity index (χ2v) is 9.13. The number of nitrogens with zero attached hydrogens (tertiary/aromatic N) is 1. The summed E-state index contributed by atoms with van der Waals surface area (Å²) in [5, 5.41) is 32.9. The van der Waals surface area contributed by atoms with Gasteiger partial charge in [0.15, 0.2) is 12.2 Å². The Morgan fingerprint density at radius 3 is 2.58 bits per heavy atom. The third kappa shape index (κ3) is 3.54. The maximum absolute atomic E-state index is 13.8. The Labute approximate surface area is 207 Å². The van der Waals surface area contributed by atoms with Gasteiger partial charge in [0.25, 0.3) is 5.91 Å². The van der Waals surface area contributed by atoms with Crippen LogP contribution in [0.1, 0.15) is 19.0 Å². The number of aliphatic hydroxyl groups excluding tert-OH is 1. The van der Waals surface area contributed by atoms with Crippen molar-refractivity contribution in [3.05, 3.63) is 46.2 Å². The van der Waals surface area contributed by atoms with Gasteiger partial charge in [-0.1, -0.05) is 18.6 Å². The van der Waals surface area contributed by atoms with Crippen LogP contribution in [0.5, 0.6) is 5.75 Å². The van der Waals surface area contributed by atoms with Crippen molar-refractivity contribution >= 4 is 29.2 Å². The molecule has 1 saturated carbocycles. The molecule has 11 nitrogen and oxygen atoms in total. The van der Waals surface area contributed by atoms with Crippen molar-refractivity contribution < 1.29 is 45.4 Å². The number of fused-ring (bicyclic) bond motifs is 3. The standard InChI is InChI=1S/C25H24N2O9.H2/c1-4-35-15(29)10-36-21-18(24(26)33)23(32)25(34)13(19(21)27(2)3)9-12-8-11-6-5-7-14(28)16(11)20(30)17(12)22(25)31;/h1,5-7,12-13,19,28,30,34H,8-10H2,2-3H3,(H2,26,33);1H/t12-,13-,19-,25-;/m0./s1. The predicted molar refractivity (Wildman–Crippen MR) is 125 cm³/mol. The van der Waals surface area contributed by atoms with Crippen molar-refractivity contribution in [1.82, 2.24) is 4.90 Å². The van der Waals surface area contributed by atoms with Gasteiger partial charge >= 0.3 is 5.97 Å². The molecule has 190 valence electrons. The van der Waals surface area contributed by atoms with Gasteiger partial charge in [0.2, 0.25) is 11.6 Å². The first-order valence-corrected chi connectivity index (χ1v) is 11.0. The second kappa shape index (κ2) is 8.82. The van der Waals surface area contributed by atoms with Gasteiger partial charge in [-0.15, -0.1) is 0 Å². The smallest absolute Gasteiger partial charge is 0.358 e. The van der Waals surface area contributed by atoms with Crippen molar-refractivity contribution in [3.63, 3.8) is 0 Å². The average Bonchev–Trinajstić information content (AvgIpc) is 2.79. The Bertz CT molecular complexity index is 1310. The lowest BCUT2D eigenvalue weighted by atomic mass is 9.57. The zero-order valence-corrected chi connectivity index (χ0v) is 19.5. The number of esters is 1. The Morgan fingerprint density at radius 2 is 1.97 bits per heavy atom. The first-order chi connectivity index (χ1) is 16.9. The number of phenolic OH excluding ortho intramolecular Hbond substituents is 1. The molecule has 0 aliphatic heterocycles. The summed E-state index contributed by atoms with van der Waals surface area (Å²) in [4.78, 5) is 53.0. The SMILES string of the molecule is C#COC(=O)COC1=C(C(N)=O)C(=O)[C@@]2(O)C(=O)C3=C(O)c4c(O)cccc4C[C@H]3C[C@H]2[C@@H]1N(C)C.[HH]. The number of hydrogen-bond donors (Lipinski definition) is 4. The molecule has 1 amide bonds. The summed E-state index contributed by atoms with van der Waals surface area (Å²) in [5.41, 5.74) is 2.35. The molecule has 0 spiro atoms. The molecule has 4 atom stereocenters. The number of aromatic hydroxyl groups is 1. The van der Waals surface area contributed by atoms with Gasteiger partial charge in [0, 0.05) is 12.9 Å². The molecule has 1 fully saturated rings. The first-order valence-electron chi connectivity index (χ1n) is 11.0. The molecule has 0 radical (unpaired) electrons. The fourth-order valence-corrected chi connectivity index (χ4v) is 5.55. The molecule has 5 N–H and O–H groups in total. The number of carbonyl (C=O) groups is 4. The van der Waals surface area contributed by atoms with Gasteiger partial charge in [0.1, 0.15) is 28.9 Å². The lowest BCUT2D eigenvalue weighted by Crippen LogP contribution is -2.67. The van der Waals surface area contributed by atoms with E-state index in [1.807, 2.05) is 0 Å². The number of aliphatic hydroxyl groups is 2. The molecular weight excluding hydrogens is 472 g/mol. The minimum Gasteiger partial charge on any atom is -0.507 e. The van der Waals surface area contributed by atoms with Gasteiger partial charge in [-0.2, -0.15) is 0 Å². The van der Waals surface area contributed by atoms with E-state index in [4.69, 9.17) is 16.9 Å². The van der Waals surface area contributed by atoms with E-state index in [2.05, 4.69) is 4.74 Å². The van der Waals surface area contributed by atoms with Crippen LogP contribution >= 0.6 is 0 Å². The molecule has 0 unspecified atom stereocenters. The van der Waals surface area contributed by atoms with Gasteiger partial charge < -0.3 is 30.5 Å². The van der Waals surface area contributed by atoms with Crippen LogP contribution in [0.25, 0.3) is 5.76 Å². The van der Waals surface area contributed by atoms with E-state index < -0.39 is 64.9 Å². The number of hydrogen-bond acceptors (Lipinski definition) is 10. The molecule has 36 heavy (non-hydrogen) atoms. The summed E-state index contributed by atoms with van der Waals surface area (Å²) < 4.78 is 9.89. The van der Waals surface area contributed by atoms with Gasteiger partial charge in [0.05, 0.1) is 11.6 Å². The summed E-state index contributed by atoms with van der Waals surface area (Å²) in [6.45, 7) is -0.755. The fraction of sp³-hybridized carbons (Fsp3) is 0.360. The van der Waals surface area contributed by atoms with Crippen molar-refractivity contribution in [1.29, 1.82) is 0 Å². The average molecular weight is 498 g/mol. The van der Waals surface area contributed by atoms with Crippen LogP contribution in [-0.4, -0.2) is 76.0 Å². The number of benzene rings is 1. The highest BCUT2D eigenvalue weighted by atomic mass is 16.6. The van der Waals surface area contributed by atoms with Crippen molar-refractivity contribution in [3.8, 4) is 18.3 Å². The summed E-state index contributed by atoms with van der Waals surface area (Å²) in [6.07, 6.45) is 6.90. The van der Waals surface area contributed by atoms with Crippen molar-refractivity contribution in [2.45, 2.75) is 24.5 Å². The first kappa shape index (κ1) is 25.0. The summed E-state index contributed by atoms with van der Waals surface area (Å²) in [7, 11) is 3.15. The number of terminal acetylenes is 1. The number of primary amides is 1. The molecule has 0 bridgehead atoms. The minimum absolute atomic E-state index is 0. The van der Waals surface area contributed by atoms with Crippen LogP contribution in [0, 0.1) is 24.4 Å². The monoisotopic (exact) mass is 498 g/mol. The summed E-state index contributed by atoms with van der Waals surface area (Å²) in [5.74, 6) is -7.47. The lowest BCUT2D eigenvalue weighted by molar-refractivity contribution is -0.163. The number of phenols is 1. The van der Waals surface area contributed by atoms with Crippen LogP contribution in [0.3, 0.4) is 0 Å². The van der Waals surface area contributed by atoms with Crippen LogP contribution in [0.2, 0.25) is 0 Å². The Hall–Kier alpha value is -4.14. The number of Topliss-reactive ketones (excluding diaryl/α,β-unsaturated/α-hetero) is 2. The van der Waals surface area contributed by atoms with Crippen molar-refractivity contribution in [2.75, 3.05) is 20.7 Å². The topological polar surface area (TPSA) is 177 Å². The van der Waals surface area contributed by atoms with Gasteiger partial charge in [-0.25, -0.2) is 4.79 Å². The molecule has 0 aromatic heterocycles. The third-order valence-corrected chi connectivity index (χ3v) is 6.95. The molecule has 3 aliphatic rings. The molecule has 0 saturated heterocycles. The predicted octanol–water partition coefficient (Wildman–Crippen LogP) is -0.197. The Kier molecular flexibility index (Phi) is 6.12. The number of rotatable bonds is 5. The second-order valence-electron chi connectivity index (χ2n) is 9.13. The Balaban J connectivity index is 0.00000380. The molecule has 1 aromatic carbocycles. The van der Waals surface area contributed by atoms with Crippen molar-refractivity contribution in [2.24, 2.45) is 17.6 Å². The van der Waals surface area contributed by atoms with Gasteiger partial charge in [-0.3, -0.25) is 19.3 Å². The molecule has 3 aliphatic carbocycles.